The van der Waals surface area contributed by atoms with E-state index in [4.69, 9.17) is 11.6 Å². The third-order valence-electron chi connectivity index (χ3n) is 1.27. The summed E-state index contributed by atoms with van der Waals surface area (Å²) in [5.41, 5.74) is 0. The van der Waals surface area contributed by atoms with Crippen LogP contribution < -0.4 is 0 Å². The molecule has 0 rings (SSSR count). The van der Waals surface area contributed by atoms with Crippen LogP contribution in [0.5, 0.6) is 0 Å². The van der Waals surface area contributed by atoms with Crippen molar-refractivity contribution in [1.29, 1.82) is 0 Å². The zero-order chi connectivity index (χ0) is 9.02. The van der Waals surface area contributed by atoms with Crippen LogP contribution in [0.4, 0.5) is 0 Å². The minimum absolute atomic E-state index is 0.496. The Labute approximate surface area is 73.0 Å². The Kier molecular flexibility index (Phi) is 4.11. The Hall–Kier alpha value is -0.570. The predicted octanol–water partition coefficient (Wildman–Crippen LogP) is 0.833. The van der Waals surface area contributed by atoms with Gasteiger partial charge in [0.2, 0.25) is 5.84 Å². The average molecular weight is 177 g/mol. The van der Waals surface area contributed by atoms with Gasteiger partial charge in [0.25, 0.3) is 0 Å². The monoisotopic (exact) mass is 176 g/mol. The van der Waals surface area contributed by atoms with Crippen LogP contribution in [0.15, 0.2) is 4.99 Å². The van der Waals surface area contributed by atoms with Crippen LogP contribution in [-0.2, 0) is 0 Å². The lowest BCUT2D eigenvalue weighted by Crippen LogP contribution is -2.20. The first-order valence-electron chi connectivity index (χ1n) is 3.37. The van der Waals surface area contributed by atoms with Gasteiger partial charge in [-0.2, -0.15) is 0 Å². The van der Waals surface area contributed by atoms with E-state index in [1.807, 2.05) is 40.0 Å². The lowest BCUT2D eigenvalue weighted by Gasteiger charge is -2.04. The molecule has 0 aromatic carbocycles. The zero-order valence-electron chi connectivity index (χ0n) is 7.72. The first kappa shape index (κ1) is 10.4. The molecule has 4 heteroatoms. The minimum Gasteiger partial charge on any atom is -0.346 e. The molecule has 11 heavy (non-hydrogen) atoms. The maximum absolute atomic E-state index is 5.78. The van der Waals surface area contributed by atoms with E-state index in [0.717, 1.165) is 5.84 Å². The molecule has 0 saturated heterocycles. The van der Waals surface area contributed by atoms with Crippen LogP contribution in [0, 0.1) is 0 Å². The standard InChI is InChI=1S/C7H15ClN3/c1-6(10(2)3)9-7(8)11(4)5/h1-5H3/q+1. The number of amidine groups is 2. The molecule has 0 aromatic heterocycles. The molecular weight excluding hydrogens is 162 g/mol. The number of aliphatic imine (C=N–C) groups is 1. The topological polar surface area (TPSA) is 18.6 Å². The van der Waals surface area contributed by atoms with Gasteiger partial charge in [0.05, 0.1) is 14.1 Å². The van der Waals surface area contributed by atoms with Crippen LogP contribution in [0.25, 0.3) is 0 Å². The lowest BCUT2D eigenvalue weighted by atomic mass is 10.6. The second-order valence-electron chi connectivity index (χ2n) is 2.72. The van der Waals surface area contributed by atoms with Gasteiger partial charge in [-0.15, -0.1) is 0 Å². The third kappa shape index (κ3) is 3.98. The molecule has 0 atom stereocenters. The van der Waals surface area contributed by atoms with E-state index in [-0.39, 0.29) is 0 Å². The molecule has 0 fully saturated rings. The van der Waals surface area contributed by atoms with Crippen LogP contribution in [0.3, 0.4) is 0 Å². The molecule has 0 spiro atoms. The summed E-state index contributed by atoms with van der Waals surface area (Å²) in [5, 5.41) is 0.496. The molecule has 0 aliphatic heterocycles. The van der Waals surface area contributed by atoms with E-state index < -0.39 is 0 Å². The first-order valence-corrected chi connectivity index (χ1v) is 3.75. The molecule has 0 unspecified atom stereocenters. The summed E-state index contributed by atoms with van der Waals surface area (Å²) in [6.07, 6.45) is 0. The van der Waals surface area contributed by atoms with Gasteiger partial charge in [-0.1, -0.05) is 0 Å². The second-order valence-corrected chi connectivity index (χ2v) is 3.05. The molecular formula is C7H15ClN3+. The van der Waals surface area contributed by atoms with E-state index in [1.165, 1.54) is 0 Å². The van der Waals surface area contributed by atoms with Crippen LogP contribution >= 0.6 is 11.6 Å². The Bertz CT molecular complexity index is 190. The van der Waals surface area contributed by atoms with Gasteiger partial charge in [0, 0.05) is 32.6 Å². The molecule has 0 aromatic rings. The fourth-order valence-corrected chi connectivity index (χ4v) is 0.456. The Morgan fingerprint density at radius 3 is 2.09 bits per heavy atom. The normalized spacial score (nSPS) is 11.3. The van der Waals surface area contributed by atoms with E-state index >= 15 is 0 Å². The number of nitrogens with zero attached hydrogens (tertiary/aromatic N) is 3. The highest BCUT2D eigenvalue weighted by atomic mass is 35.5. The van der Waals surface area contributed by atoms with Gasteiger partial charge in [-0.25, -0.2) is 0 Å². The van der Waals surface area contributed by atoms with Gasteiger partial charge >= 0.3 is 5.29 Å². The van der Waals surface area contributed by atoms with Crippen LogP contribution in [-0.4, -0.2) is 48.8 Å². The van der Waals surface area contributed by atoms with Crippen molar-refractivity contribution in [3.05, 3.63) is 0 Å². The predicted molar refractivity (Wildman–Crippen MR) is 49.8 cm³/mol. The van der Waals surface area contributed by atoms with Gasteiger partial charge in [0.1, 0.15) is 0 Å². The fourth-order valence-electron chi connectivity index (χ4n) is 0.334. The Morgan fingerprint density at radius 2 is 1.82 bits per heavy atom. The van der Waals surface area contributed by atoms with Gasteiger partial charge in [-0.05, 0) is 4.99 Å². The summed E-state index contributed by atoms with van der Waals surface area (Å²) < 4.78 is 1.76. The number of rotatable bonds is 0. The number of hydrogen-bond acceptors (Lipinski definition) is 0. The number of hydrogen-bond donors (Lipinski definition) is 0. The van der Waals surface area contributed by atoms with Crippen molar-refractivity contribution in [2.75, 3.05) is 28.2 Å². The van der Waals surface area contributed by atoms with Crippen LogP contribution in [0.2, 0.25) is 0 Å². The second kappa shape index (κ2) is 4.34. The molecule has 3 nitrogen and oxygen atoms in total. The van der Waals surface area contributed by atoms with Crippen molar-refractivity contribution in [3.8, 4) is 0 Å². The van der Waals surface area contributed by atoms with Crippen molar-refractivity contribution in [3.63, 3.8) is 0 Å². The van der Waals surface area contributed by atoms with Crippen molar-refractivity contribution in [1.82, 2.24) is 4.90 Å². The van der Waals surface area contributed by atoms with E-state index in [1.54, 1.807) is 4.58 Å². The Morgan fingerprint density at radius 1 is 1.36 bits per heavy atom. The Balaban J connectivity index is 4.44. The highest BCUT2D eigenvalue weighted by molar-refractivity contribution is 6.64. The summed E-state index contributed by atoms with van der Waals surface area (Å²) in [4.78, 5) is 6.04. The van der Waals surface area contributed by atoms with Crippen molar-refractivity contribution < 1.29 is 4.58 Å². The van der Waals surface area contributed by atoms with Crippen molar-refractivity contribution >= 4 is 22.7 Å². The van der Waals surface area contributed by atoms with E-state index in [9.17, 15) is 0 Å². The summed E-state index contributed by atoms with van der Waals surface area (Å²) in [6.45, 7) is 1.91. The summed E-state index contributed by atoms with van der Waals surface area (Å²) >= 11 is 5.78. The van der Waals surface area contributed by atoms with E-state index in [2.05, 4.69) is 4.99 Å². The molecule has 0 N–H and O–H groups in total. The smallest absolute Gasteiger partial charge is 0.346 e. The van der Waals surface area contributed by atoms with Crippen molar-refractivity contribution in [2.45, 2.75) is 6.92 Å². The largest absolute Gasteiger partial charge is 0.392 e. The maximum atomic E-state index is 5.78. The van der Waals surface area contributed by atoms with Gasteiger partial charge < -0.3 is 4.90 Å². The number of halogens is 1. The minimum atomic E-state index is 0.496. The molecule has 0 bridgehead atoms. The third-order valence-corrected chi connectivity index (χ3v) is 1.69. The summed E-state index contributed by atoms with van der Waals surface area (Å²) in [5.74, 6) is 0.892. The van der Waals surface area contributed by atoms with Crippen LogP contribution in [0.1, 0.15) is 6.92 Å². The molecule has 64 valence electrons. The maximum Gasteiger partial charge on any atom is 0.392 e. The lowest BCUT2D eigenvalue weighted by molar-refractivity contribution is -0.462. The highest BCUT2D eigenvalue weighted by Gasteiger charge is 2.06. The molecule has 0 aliphatic carbocycles. The molecule has 0 radical (unpaired) electrons. The van der Waals surface area contributed by atoms with Gasteiger partial charge in [0.15, 0.2) is 0 Å². The van der Waals surface area contributed by atoms with E-state index in [0.29, 0.717) is 5.29 Å². The van der Waals surface area contributed by atoms with Crippen molar-refractivity contribution in [2.24, 2.45) is 4.99 Å². The average Bonchev–Trinajstić information content (AvgIpc) is 1.87. The highest BCUT2D eigenvalue weighted by Crippen LogP contribution is 1.89. The molecule has 0 aliphatic rings. The quantitative estimate of drug-likeness (QED) is 0.232. The summed E-state index contributed by atoms with van der Waals surface area (Å²) in [6, 6.07) is 0. The molecule has 0 saturated carbocycles. The molecule has 0 heterocycles. The van der Waals surface area contributed by atoms with Gasteiger partial charge in [-0.3, -0.25) is 4.58 Å². The fraction of sp³-hybridized carbons (Fsp3) is 0.714. The zero-order valence-corrected chi connectivity index (χ0v) is 8.48. The summed E-state index contributed by atoms with van der Waals surface area (Å²) in [7, 11) is 7.57. The molecule has 0 amide bonds. The first-order chi connectivity index (χ1) is 4.95. The SMILES string of the molecule is C/C(=N\C(Cl)=[N+](C)C)N(C)C.